The molecule has 1 aliphatic heterocycles. The molecule has 0 atom stereocenters. The number of aryl methyl sites for hydroxylation is 1. The number of nitrogens with one attached hydrogen (secondary N) is 2. The molecule has 0 bridgehead atoms. The van der Waals surface area contributed by atoms with Gasteiger partial charge in [0.1, 0.15) is 19.5 Å². The number of hydrogen-bond donors (Lipinski definition) is 2. The van der Waals surface area contributed by atoms with Crippen LogP contribution in [0.4, 0.5) is 10.5 Å². The van der Waals surface area contributed by atoms with Crippen LogP contribution in [0.1, 0.15) is 11.3 Å². The van der Waals surface area contributed by atoms with E-state index in [1.165, 1.54) is 5.56 Å². The monoisotopic (exact) mass is 457 g/mol. The third kappa shape index (κ3) is 4.71. The van der Waals surface area contributed by atoms with Crippen molar-refractivity contribution in [1.29, 1.82) is 0 Å². The fraction of sp³-hybridized carbons (Fsp3) is 0.238. The Bertz CT molecular complexity index is 1020. The second-order valence-electron chi connectivity index (χ2n) is 6.62. The molecule has 1 aliphatic rings. The van der Waals surface area contributed by atoms with Gasteiger partial charge in [-0.2, -0.15) is 0 Å². The van der Waals surface area contributed by atoms with Gasteiger partial charge < -0.3 is 24.5 Å². The largest absolute Gasteiger partial charge is 0.486 e. The average molecular weight is 458 g/mol. The Kier molecular flexibility index (Phi) is 5.71. The molecule has 0 aliphatic carbocycles. The van der Waals surface area contributed by atoms with Crippen LogP contribution in [0.3, 0.4) is 0 Å². The van der Waals surface area contributed by atoms with Crippen LogP contribution in [0.5, 0.6) is 11.5 Å². The van der Waals surface area contributed by atoms with Gasteiger partial charge in [0.15, 0.2) is 11.5 Å². The highest BCUT2D eigenvalue weighted by Crippen LogP contribution is 2.38. The van der Waals surface area contributed by atoms with Gasteiger partial charge >= 0.3 is 6.03 Å². The molecule has 29 heavy (non-hydrogen) atoms. The third-order valence-electron chi connectivity index (χ3n) is 4.40. The van der Waals surface area contributed by atoms with Crippen molar-refractivity contribution >= 4 is 27.6 Å². The summed E-state index contributed by atoms with van der Waals surface area (Å²) in [5.74, 6) is 1.84. The Labute approximate surface area is 176 Å². The molecule has 2 N–H and O–H groups in total. The van der Waals surface area contributed by atoms with Gasteiger partial charge in [0.2, 0.25) is 5.89 Å². The van der Waals surface area contributed by atoms with E-state index in [1.807, 2.05) is 31.2 Å². The van der Waals surface area contributed by atoms with Crippen LogP contribution in [0.15, 0.2) is 51.6 Å². The molecule has 0 fully saturated rings. The van der Waals surface area contributed by atoms with Gasteiger partial charge in [-0.15, -0.1) is 0 Å². The first-order valence-electron chi connectivity index (χ1n) is 9.24. The van der Waals surface area contributed by atoms with Crippen LogP contribution in [0.2, 0.25) is 0 Å². The van der Waals surface area contributed by atoms with E-state index in [2.05, 4.69) is 31.5 Å². The molecule has 0 spiro atoms. The van der Waals surface area contributed by atoms with E-state index in [4.69, 9.17) is 13.9 Å². The molecule has 1 aromatic heterocycles. The number of carbonyl (C=O) groups is 1. The highest BCUT2D eigenvalue weighted by Gasteiger charge is 2.16. The summed E-state index contributed by atoms with van der Waals surface area (Å²) in [7, 11) is 0. The summed E-state index contributed by atoms with van der Waals surface area (Å²) in [6, 6.07) is 11.2. The lowest BCUT2D eigenvalue weighted by atomic mass is 10.1. The number of hydrogen-bond acceptors (Lipinski definition) is 5. The summed E-state index contributed by atoms with van der Waals surface area (Å²) < 4.78 is 17.3. The summed E-state index contributed by atoms with van der Waals surface area (Å²) in [6.07, 6.45) is 2.18. The first-order chi connectivity index (χ1) is 14.1. The third-order valence-corrected chi connectivity index (χ3v) is 5.05. The van der Waals surface area contributed by atoms with Crippen molar-refractivity contribution in [3.8, 4) is 23.0 Å². The molecule has 4 rings (SSSR count). The summed E-state index contributed by atoms with van der Waals surface area (Å²) in [4.78, 5) is 16.7. The lowest BCUT2D eigenvalue weighted by Crippen LogP contribution is -2.30. The molecular formula is C21H20BrN3O4. The number of benzene rings is 2. The van der Waals surface area contributed by atoms with E-state index in [0.717, 1.165) is 15.7 Å². The van der Waals surface area contributed by atoms with Gasteiger partial charge in [0.25, 0.3) is 0 Å². The topological polar surface area (TPSA) is 85.6 Å². The minimum atomic E-state index is -0.315. The number of oxazole rings is 1. The van der Waals surface area contributed by atoms with Crippen LogP contribution in [-0.4, -0.2) is 30.8 Å². The van der Waals surface area contributed by atoms with Gasteiger partial charge in [0, 0.05) is 35.1 Å². The summed E-state index contributed by atoms with van der Waals surface area (Å²) in [6.45, 7) is 3.46. The maximum absolute atomic E-state index is 12.2. The van der Waals surface area contributed by atoms with Gasteiger partial charge in [-0.25, -0.2) is 9.78 Å². The van der Waals surface area contributed by atoms with Gasteiger partial charge in [0.05, 0.1) is 11.4 Å². The zero-order valence-corrected chi connectivity index (χ0v) is 17.4. The molecule has 8 heteroatoms. The second kappa shape index (κ2) is 8.57. The van der Waals surface area contributed by atoms with E-state index >= 15 is 0 Å². The Morgan fingerprint density at radius 2 is 1.86 bits per heavy atom. The minimum Gasteiger partial charge on any atom is -0.486 e. The van der Waals surface area contributed by atoms with Gasteiger partial charge in [-0.3, -0.25) is 0 Å². The van der Waals surface area contributed by atoms with Gasteiger partial charge in [-0.1, -0.05) is 17.7 Å². The molecule has 7 nitrogen and oxygen atoms in total. The number of anilines is 1. The Balaban J connectivity index is 1.30. The number of urea groups is 1. The fourth-order valence-corrected chi connectivity index (χ4v) is 3.30. The number of carbonyl (C=O) groups excluding carboxylic acids is 1. The van der Waals surface area contributed by atoms with Crippen molar-refractivity contribution in [2.24, 2.45) is 0 Å². The van der Waals surface area contributed by atoms with Crippen molar-refractivity contribution in [1.82, 2.24) is 10.3 Å². The summed E-state index contributed by atoms with van der Waals surface area (Å²) in [5.41, 5.74) is 3.49. The Hall–Kier alpha value is -3.00. The number of nitrogens with zero attached hydrogens (tertiary/aromatic N) is 1. The Morgan fingerprint density at radius 3 is 2.62 bits per heavy atom. The fourth-order valence-electron chi connectivity index (χ4n) is 2.88. The van der Waals surface area contributed by atoms with E-state index in [-0.39, 0.29) is 6.03 Å². The predicted octanol–water partition coefficient (Wildman–Crippen LogP) is 4.55. The van der Waals surface area contributed by atoms with E-state index in [9.17, 15) is 4.79 Å². The summed E-state index contributed by atoms with van der Waals surface area (Å²) >= 11 is 3.44. The molecule has 150 valence electrons. The zero-order chi connectivity index (χ0) is 20.2. The standard InChI is InChI=1S/C21H20BrN3O4/c1-13-2-4-14(5-3-13)20-24-15(12-29-20)6-7-23-21(26)25-17-11-19-18(10-16(17)22)27-8-9-28-19/h2-5,10-12H,6-9H2,1H3,(H2,23,25,26). The number of ether oxygens (including phenoxy) is 2. The van der Waals surface area contributed by atoms with Crippen LogP contribution in [0.25, 0.3) is 11.5 Å². The Morgan fingerprint density at radius 1 is 1.14 bits per heavy atom. The lowest BCUT2D eigenvalue weighted by Gasteiger charge is -2.20. The van der Waals surface area contributed by atoms with Crippen LogP contribution < -0.4 is 20.1 Å². The SMILES string of the molecule is Cc1ccc(-c2nc(CCNC(=O)Nc3cc4c(cc3Br)OCCO4)co2)cc1. The number of aromatic nitrogens is 1. The molecule has 2 heterocycles. The molecule has 2 amide bonds. The van der Waals surface area contributed by atoms with E-state index in [1.54, 1.807) is 18.4 Å². The maximum Gasteiger partial charge on any atom is 0.319 e. The summed E-state index contributed by atoms with van der Waals surface area (Å²) in [5, 5.41) is 5.63. The molecule has 3 aromatic rings. The zero-order valence-electron chi connectivity index (χ0n) is 15.8. The molecule has 0 saturated carbocycles. The van der Waals surface area contributed by atoms with Gasteiger partial charge in [-0.05, 0) is 35.0 Å². The van der Waals surface area contributed by atoms with Crippen molar-refractivity contribution in [2.75, 3.05) is 25.1 Å². The average Bonchev–Trinajstić information content (AvgIpc) is 3.18. The number of amides is 2. The number of halogens is 1. The minimum absolute atomic E-state index is 0.315. The van der Waals surface area contributed by atoms with Crippen LogP contribution in [0, 0.1) is 6.92 Å². The maximum atomic E-state index is 12.2. The number of rotatable bonds is 5. The highest BCUT2D eigenvalue weighted by atomic mass is 79.9. The predicted molar refractivity (Wildman–Crippen MR) is 113 cm³/mol. The lowest BCUT2D eigenvalue weighted by molar-refractivity contribution is 0.171. The van der Waals surface area contributed by atoms with Crippen molar-refractivity contribution in [3.63, 3.8) is 0 Å². The van der Waals surface area contributed by atoms with Crippen molar-refractivity contribution < 1.29 is 18.7 Å². The molecule has 0 radical (unpaired) electrons. The first kappa shape index (κ1) is 19.3. The quantitative estimate of drug-likeness (QED) is 0.586. The first-order valence-corrected chi connectivity index (χ1v) is 10.0. The second-order valence-corrected chi connectivity index (χ2v) is 7.47. The van der Waals surface area contributed by atoms with E-state index in [0.29, 0.717) is 49.3 Å². The molecule has 0 unspecified atom stereocenters. The molecule has 0 saturated heterocycles. The van der Waals surface area contributed by atoms with Crippen molar-refractivity contribution in [2.45, 2.75) is 13.3 Å². The van der Waals surface area contributed by atoms with Crippen LogP contribution in [-0.2, 0) is 6.42 Å². The highest BCUT2D eigenvalue weighted by molar-refractivity contribution is 9.10. The van der Waals surface area contributed by atoms with E-state index < -0.39 is 0 Å². The molecule has 2 aromatic carbocycles. The number of fused-ring (bicyclic) bond motifs is 1. The smallest absolute Gasteiger partial charge is 0.319 e. The normalized spacial score (nSPS) is 12.5. The molecular weight excluding hydrogens is 438 g/mol. The van der Waals surface area contributed by atoms with Crippen LogP contribution >= 0.6 is 15.9 Å². The van der Waals surface area contributed by atoms with Crippen molar-refractivity contribution in [3.05, 3.63) is 58.4 Å².